The molecule has 0 radical (unpaired) electrons. The number of aromatic nitrogens is 5. The number of rotatable bonds is 9. The average Bonchev–Trinajstić information content (AvgIpc) is 3.64. The van der Waals surface area contributed by atoms with Gasteiger partial charge in [-0.25, -0.2) is 0 Å². The Labute approximate surface area is 223 Å². The minimum absolute atomic E-state index is 0.144. The van der Waals surface area contributed by atoms with E-state index in [4.69, 9.17) is 0 Å². The van der Waals surface area contributed by atoms with E-state index in [-0.39, 0.29) is 36.5 Å². The van der Waals surface area contributed by atoms with Crippen LogP contribution in [0.2, 0.25) is 0 Å². The van der Waals surface area contributed by atoms with Crippen molar-refractivity contribution in [1.29, 1.82) is 0 Å². The molecule has 2 atom stereocenters. The van der Waals surface area contributed by atoms with Crippen LogP contribution in [0.5, 0.6) is 0 Å². The van der Waals surface area contributed by atoms with Crippen LogP contribution in [-0.2, 0) is 16.0 Å². The van der Waals surface area contributed by atoms with E-state index >= 15 is 0 Å². The first-order chi connectivity index (χ1) is 18.0. The summed E-state index contributed by atoms with van der Waals surface area (Å²) in [7, 11) is 0. The number of hydrogen-bond donors (Lipinski definition) is 2. The van der Waals surface area contributed by atoms with Crippen molar-refractivity contribution in [2.45, 2.75) is 57.8 Å². The first-order valence-corrected chi connectivity index (χ1v) is 13.6. The Kier molecular flexibility index (Phi) is 9.24. The normalized spacial score (nSPS) is 17.4. The molecule has 1 fully saturated rings. The van der Waals surface area contributed by atoms with Gasteiger partial charge in [0, 0.05) is 29.8 Å². The van der Waals surface area contributed by atoms with Gasteiger partial charge in [-0.15, -0.1) is 26.3 Å². The predicted octanol–water partition coefficient (Wildman–Crippen LogP) is 4.87. The molecule has 0 aromatic carbocycles. The van der Waals surface area contributed by atoms with Crippen LogP contribution in [0.25, 0.3) is 0 Å². The van der Waals surface area contributed by atoms with Gasteiger partial charge in [-0.2, -0.15) is 0 Å². The maximum absolute atomic E-state index is 12.5. The number of carbonyl (C=O) groups is 2. The molecule has 0 saturated heterocycles. The molecule has 2 amide bonds. The van der Waals surface area contributed by atoms with E-state index in [0.717, 1.165) is 40.4 Å². The summed E-state index contributed by atoms with van der Waals surface area (Å²) in [6, 6.07) is 3.67. The fourth-order valence-corrected chi connectivity index (χ4v) is 5.85. The lowest BCUT2D eigenvalue weighted by Crippen LogP contribution is -2.14. The van der Waals surface area contributed by atoms with Crippen LogP contribution in [0.15, 0.2) is 48.3 Å². The Hall–Kier alpha value is -3.75. The Morgan fingerprint density at radius 3 is 2.32 bits per heavy atom. The van der Waals surface area contributed by atoms with E-state index in [0.29, 0.717) is 10.3 Å². The molecule has 0 spiro atoms. The second-order valence-electron chi connectivity index (χ2n) is 8.50. The highest BCUT2D eigenvalue weighted by atomic mass is 32.1. The molecule has 9 nitrogen and oxygen atoms in total. The van der Waals surface area contributed by atoms with Crippen molar-refractivity contribution in [3.05, 3.63) is 63.9 Å². The van der Waals surface area contributed by atoms with E-state index in [2.05, 4.69) is 47.9 Å². The summed E-state index contributed by atoms with van der Waals surface area (Å²) in [5, 5.41) is 25.5. The zero-order valence-corrected chi connectivity index (χ0v) is 22.2. The Morgan fingerprint density at radius 1 is 1.05 bits per heavy atom. The summed E-state index contributed by atoms with van der Waals surface area (Å²) in [5.74, 6) is 5.98. The fraction of sp³-hybridized carbons (Fsp3) is 0.346. The lowest BCUT2D eigenvalue weighted by molar-refractivity contribution is -0.116. The molecular formula is C26H27N7O2S2. The van der Waals surface area contributed by atoms with Crippen molar-refractivity contribution < 1.29 is 9.59 Å². The molecule has 0 bridgehead atoms. The van der Waals surface area contributed by atoms with Gasteiger partial charge in [-0.05, 0) is 44.7 Å². The van der Waals surface area contributed by atoms with E-state index in [1.807, 2.05) is 31.2 Å². The average molecular weight is 534 g/mol. The van der Waals surface area contributed by atoms with Crippen molar-refractivity contribution in [3.8, 4) is 11.8 Å². The van der Waals surface area contributed by atoms with Crippen molar-refractivity contribution in [2.24, 2.45) is 0 Å². The molecule has 37 heavy (non-hydrogen) atoms. The minimum atomic E-state index is -0.169. The molecule has 3 heterocycles. The van der Waals surface area contributed by atoms with Gasteiger partial charge < -0.3 is 10.6 Å². The number of allylic oxidation sites excluding steroid dienone is 3. The molecule has 3 aromatic rings. The van der Waals surface area contributed by atoms with E-state index in [1.54, 1.807) is 25.4 Å². The van der Waals surface area contributed by atoms with E-state index in [9.17, 15) is 9.59 Å². The van der Waals surface area contributed by atoms with Gasteiger partial charge in [-0.3, -0.25) is 14.6 Å². The number of hydrogen-bond acceptors (Lipinski definition) is 9. The molecule has 0 aliphatic heterocycles. The molecule has 11 heteroatoms. The Bertz CT molecular complexity index is 1350. The van der Waals surface area contributed by atoms with Crippen molar-refractivity contribution in [1.82, 2.24) is 25.4 Å². The largest absolute Gasteiger partial charge is 0.300 e. The van der Waals surface area contributed by atoms with Gasteiger partial charge in [0.15, 0.2) is 0 Å². The third-order valence-corrected chi connectivity index (χ3v) is 7.72. The SMILES string of the molecule is CC#C/C(=C\C=C/C)CC(=O)Nc1nnc(C2CCC(c3nnc(NC(=O)Cc4cccnc4)s3)C2)s1. The Balaban J connectivity index is 1.29. The predicted molar refractivity (Wildman–Crippen MR) is 145 cm³/mol. The second kappa shape index (κ2) is 13.0. The molecule has 2 unspecified atom stereocenters. The highest BCUT2D eigenvalue weighted by Gasteiger charge is 2.32. The van der Waals surface area contributed by atoms with Gasteiger partial charge in [0.2, 0.25) is 22.1 Å². The van der Waals surface area contributed by atoms with Crippen LogP contribution >= 0.6 is 22.7 Å². The second-order valence-corrected chi connectivity index (χ2v) is 10.5. The number of carbonyl (C=O) groups excluding carboxylic acids is 2. The molecule has 3 aromatic heterocycles. The van der Waals surface area contributed by atoms with Crippen molar-refractivity contribution >= 4 is 44.8 Å². The third-order valence-electron chi connectivity index (χ3n) is 5.72. The standard InChI is InChI=1S/C26H27N7O2S2/c1-3-5-8-17(7-4-2)13-21(34)28-25-32-30-23(36-25)19-10-11-20(15-19)24-31-33-26(37-24)29-22(35)14-18-9-6-12-27-16-18/h3,5-6,8-9,12,16,19-20H,10-11,13-15H2,1-2H3,(H,28,32,34)(H,29,33,35)/b5-3-,17-8+. The van der Waals surface area contributed by atoms with Crippen LogP contribution in [0, 0.1) is 11.8 Å². The Morgan fingerprint density at radius 2 is 1.73 bits per heavy atom. The van der Waals surface area contributed by atoms with Crippen LogP contribution in [0.3, 0.4) is 0 Å². The summed E-state index contributed by atoms with van der Waals surface area (Å²) in [5.41, 5.74) is 1.59. The van der Waals surface area contributed by atoms with Gasteiger partial charge in [-0.1, -0.05) is 52.9 Å². The number of nitrogens with zero attached hydrogens (tertiary/aromatic N) is 5. The van der Waals surface area contributed by atoms with Crippen LogP contribution < -0.4 is 10.6 Å². The topological polar surface area (TPSA) is 123 Å². The van der Waals surface area contributed by atoms with E-state index < -0.39 is 0 Å². The first-order valence-electron chi connectivity index (χ1n) is 11.9. The zero-order chi connectivity index (χ0) is 26.0. The van der Waals surface area contributed by atoms with Crippen molar-refractivity contribution in [3.63, 3.8) is 0 Å². The molecule has 1 saturated carbocycles. The summed E-state index contributed by atoms with van der Waals surface area (Å²) in [6.07, 6.45) is 12.2. The molecule has 1 aliphatic carbocycles. The summed E-state index contributed by atoms with van der Waals surface area (Å²) in [4.78, 5) is 28.8. The maximum atomic E-state index is 12.5. The lowest BCUT2D eigenvalue weighted by Gasteiger charge is -2.05. The molecule has 4 rings (SSSR count). The lowest BCUT2D eigenvalue weighted by atomic mass is 10.1. The summed E-state index contributed by atoms with van der Waals surface area (Å²) in [6.45, 7) is 3.66. The molecular weight excluding hydrogens is 506 g/mol. The highest BCUT2D eigenvalue weighted by Crippen LogP contribution is 2.45. The highest BCUT2D eigenvalue weighted by molar-refractivity contribution is 7.15. The summed E-state index contributed by atoms with van der Waals surface area (Å²) < 4.78 is 0. The smallest absolute Gasteiger partial charge is 0.231 e. The first kappa shape index (κ1) is 26.3. The van der Waals surface area contributed by atoms with E-state index in [1.165, 1.54) is 22.7 Å². The molecule has 2 N–H and O–H groups in total. The number of anilines is 2. The van der Waals surface area contributed by atoms with Crippen LogP contribution in [0.4, 0.5) is 10.3 Å². The van der Waals surface area contributed by atoms with Gasteiger partial charge in [0.25, 0.3) is 0 Å². The molecule has 1 aliphatic rings. The van der Waals surface area contributed by atoms with Gasteiger partial charge in [0.05, 0.1) is 12.8 Å². The van der Waals surface area contributed by atoms with Gasteiger partial charge >= 0.3 is 0 Å². The van der Waals surface area contributed by atoms with Gasteiger partial charge in [0.1, 0.15) is 10.0 Å². The number of pyridine rings is 1. The number of nitrogens with one attached hydrogen (secondary N) is 2. The number of amides is 2. The maximum Gasteiger partial charge on any atom is 0.231 e. The zero-order valence-electron chi connectivity index (χ0n) is 20.6. The summed E-state index contributed by atoms with van der Waals surface area (Å²) >= 11 is 2.82. The fourth-order valence-electron chi connectivity index (χ4n) is 4.04. The minimum Gasteiger partial charge on any atom is -0.300 e. The van der Waals surface area contributed by atoms with Crippen molar-refractivity contribution in [2.75, 3.05) is 10.6 Å². The quantitative estimate of drug-likeness (QED) is 0.297. The third kappa shape index (κ3) is 7.62. The van der Waals surface area contributed by atoms with Crippen LogP contribution in [-0.4, -0.2) is 37.2 Å². The molecule has 190 valence electrons. The monoisotopic (exact) mass is 533 g/mol. The van der Waals surface area contributed by atoms with Crippen LogP contribution in [0.1, 0.15) is 66.9 Å².